The zero-order chi connectivity index (χ0) is 20.5. The summed E-state index contributed by atoms with van der Waals surface area (Å²) in [6, 6.07) is 8.83. The maximum absolute atomic E-state index is 13.3. The van der Waals surface area contributed by atoms with Crippen molar-refractivity contribution in [1.29, 1.82) is 0 Å². The number of rotatable bonds is 4. The molecular formula is C17H10F4N4O3. The largest absolute Gasteiger partial charge is 0.419 e. The van der Waals surface area contributed by atoms with Crippen LogP contribution in [-0.4, -0.2) is 20.6 Å². The van der Waals surface area contributed by atoms with E-state index in [0.717, 1.165) is 6.07 Å². The molecule has 0 saturated heterocycles. The Morgan fingerprint density at radius 1 is 1.14 bits per heavy atom. The van der Waals surface area contributed by atoms with Crippen molar-refractivity contribution in [3.8, 4) is 5.69 Å². The molecule has 3 aromatic rings. The predicted molar refractivity (Wildman–Crippen MR) is 89.6 cm³/mol. The predicted octanol–water partition coefficient (Wildman–Crippen LogP) is 4.19. The van der Waals surface area contributed by atoms with E-state index in [9.17, 15) is 32.5 Å². The first kappa shape index (κ1) is 19.0. The molecule has 0 atom stereocenters. The van der Waals surface area contributed by atoms with Crippen LogP contribution in [0.5, 0.6) is 0 Å². The van der Waals surface area contributed by atoms with Crippen LogP contribution in [0.15, 0.2) is 54.7 Å². The molecule has 0 aliphatic heterocycles. The Balaban J connectivity index is 1.82. The molecule has 1 N–H and O–H groups in total. The van der Waals surface area contributed by atoms with Gasteiger partial charge in [-0.1, -0.05) is 6.07 Å². The van der Waals surface area contributed by atoms with Crippen LogP contribution in [0.25, 0.3) is 5.69 Å². The third-order valence-electron chi connectivity index (χ3n) is 3.66. The number of alkyl halides is 3. The monoisotopic (exact) mass is 394 g/mol. The van der Waals surface area contributed by atoms with Crippen molar-refractivity contribution in [2.45, 2.75) is 6.18 Å². The number of carbonyl (C=O) groups is 1. The number of nitrogens with one attached hydrogen (secondary N) is 1. The molecule has 0 saturated carbocycles. The van der Waals surface area contributed by atoms with Gasteiger partial charge >= 0.3 is 6.18 Å². The number of hydrogen-bond donors (Lipinski definition) is 1. The molecule has 2 aromatic carbocycles. The van der Waals surface area contributed by atoms with Gasteiger partial charge in [0.2, 0.25) is 0 Å². The lowest BCUT2D eigenvalue weighted by Gasteiger charge is -2.10. The Labute approximate surface area is 154 Å². The highest BCUT2D eigenvalue weighted by atomic mass is 19.4. The highest BCUT2D eigenvalue weighted by molar-refractivity contribution is 6.02. The van der Waals surface area contributed by atoms with Gasteiger partial charge in [-0.15, -0.1) is 0 Å². The number of nitro benzene ring substituents is 1. The second-order valence-corrected chi connectivity index (χ2v) is 5.57. The van der Waals surface area contributed by atoms with Crippen LogP contribution in [-0.2, 0) is 6.18 Å². The molecule has 0 aliphatic carbocycles. The molecule has 1 aromatic heterocycles. The molecule has 0 aliphatic rings. The first-order valence-electron chi connectivity index (χ1n) is 7.64. The Kier molecular flexibility index (Phi) is 4.82. The molecule has 0 radical (unpaired) electrons. The van der Waals surface area contributed by atoms with Crippen molar-refractivity contribution in [1.82, 2.24) is 9.78 Å². The van der Waals surface area contributed by atoms with Crippen LogP contribution in [0.4, 0.5) is 28.9 Å². The zero-order valence-electron chi connectivity index (χ0n) is 13.8. The van der Waals surface area contributed by atoms with E-state index in [2.05, 4.69) is 10.4 Å². The first-order valence-corrected chi connectivity index (χ1v) is 7.64. The molecule has 28 heavy (non-hydrogen) atoms. The minimum atomic E-state index is -4.91. The van der Waals surface area contributed by atoms with E-state index in [1.165, 1.54) is 41.2 Å². The van der Waals surface area contributed by atoms with Gasteiger partial charge in [-0.25, -0.2) is 9.07 Å². The number of benzene rings is 2. The number of halogens is 4. The summed E-state index contributed by atoms with van der Waals surface area (Å²) >= 11 is 0. The van der Waals surface area contributed by atoms with E-state index in [0.29, 0.717) is 17.8 Å². The molecule has 0 fully saturated rings. The minimum Gasteiger partial charge on any atom is -0.321 e. The van der Waals surface area contributed by atoms with Gasteiger partial charge in [0.25, 0.3) is 11.6 Å². The Bertz CT molecular complexity index is 1060. The summed E-state index contributed by atoms with van der Waals surface area (Å²) < 4.78 is 52.8. The van der Waals surface area contributed by atoms with Gasteiger partial charge < -0.3 is 5.32 Å². The molecule has 11 heteroatoms. The third kappa shape index (κ3) is 3.98. The van der Waals surface area contributed by atoms with Gasteiger partial charge in [0.1, 0.15) is 5.82 Å². The van der Waals surface area contributed by atoms with Crippen LogP contribution in [0, 0.1) is 15.9 Å². The fraction of sp³-hybridized carbons (Fsp3) is 0.0588. The van der Waals surface area contributed by atoms with Gasteiger partial charge in [0.15, 0.2) is 5.69 Å². The lowest BCUT2D eigenvalue weighted by Crippen LogP contribution is -2.15. The maximum Gasteiger partial charge on any atom is 0.419 e. The summed E-state index contributed by atoms with van der Waals surface area (Å²) in [5.41, 5.74) is -1.78. The normalized spacial score (nSPS) is 11.3. The van der Waals surface area contributed by atoms with Crippen molar-refractivity contribution in [2.24, 2.45) is 0 Å². The van der Waals surface area contributed by atoms with E-state index >= 15 is 0 Å². The van der Waals surface area contributed by atoms with Crippen LogP contribution in [0.2, 0.25) is 0 Å². The maximum atomic E-state index is 13.3. The fourth-order valence-corrected chi connectivity index (χ4v) is 2.35. The molecule has 0 bridgehead atoms. The summed E-state index contributed by atoms with van der Waals surface area (Å²) in [5.74, 6) is -2.29. The van der Waals surface area contributed by atoms with Crippen LogP contribution in [0.3, 0.4) is 0 Å². The van der Waals surface area contributed by atoms with E-state index in [-0.39, 0.29) is 17.1 Å². The number of aromatic nitrogens is 2. The number of nitrogens with zero attached hydrogens (tertiary/aromatic N) is 3. The smallest absolute Gasteiger partial charge is 0.321 e. The van der Waals surface area contributed by atoms with Gasteiger partial charge in [-0.3, -0.25) is 14.9 Å². The highest BCUT2D eigenvalue weighted by Crippen LogP contribution is 2.33. The second kappa shape index (κ2) is 7.10. The van der Waals surface area contributed by atoms with E-state index < -0.39 is 28.4 Å². The first-order chi connectivity index (χ1) is 13.1. The van der Waals surface area contributed by atoms with Gasteiger partial charge in [-0.05, 0) is 30.3 Å². The average molecular weight is 394 g/mol. The summed E-state index contributed by atoms with van der Waals surface area (Å²) in [6.45, 7) is 0. The Hall–Kier alpha value is -3.76. The van der Waals surface area contributed by atoms with Crippen molar-refractivity contribution in [2.75, 3.05) is 5.32 Å². The average Bonchev–Trinajstić information content (AvgIpc) is 3.13. The van der Waals surface area contributed by atoms with Gasteiger partial charge in [0, 0.05) is 24.0 Å². The van der Waals surface area contributed by atoms with Crippen molar-refractivity contribution >= 4 is 17.3 Å². The number of nitro groups is 1. The van der Waals surface area contributed by atoms with Crippen LogP contribution >= 0.6 is 0 Å². The fourth-order valence-electron chi connectivity index (χ4n) is 2.35. The number of non-ortho nitro benzene ring substituents is 1. The van der Waals surface area contributed by atoms with Crippen LogP contribution in [0.1, 0.15) is 16.1 Å². The van der Waals surface area contributed by atoms with E-state index in [4.69, 9.17) is 0 Å². The summed E-state index contributed by atoms with van der Waals surface area (Å²) in [6.07, 6.45) is -3.55. The molecule has 1 amide bonds. The summed E-state index contributed by atoms with van der Waals surface area (Å²) in [7, 11) is 0. The number of hydrogen-bond acceptors (Lipinski definition) is 4. The topological polar surface area (TPSA) is 90.1 Å². The second-order valence-electron chi connectivity index (χ2n) is 5.57. The van der Waals surface area contributed by atoms with Crippen molar-refractivity contribution in [3.63, 3.8) is 0 Å². The Morgan fingerprint density at radius 3 is 2.57 bits per heavy atom. The molecule has 7 nitrogen and oxygen atoms in total. The summed E-state index contributed by atoms with van der Waals surface area (Å²) in [5, 5.41) is 17.0. The van der Waals surface area contributed by atoms with Crippen LogP contribution < -0.4 is 5.32 Å². The quantitative estimate of drug-likeness (QED) is 0.408. The standard InChI is InChI=1S/C17H10F4N4O3/c18-14-5-4-10(8-13(14)17(19,20)21)22-16(26)15-6-7-24(23-15)11-2-1-3-12(9-11)25(27)28/h1-9H,(H,22,26). The van der Waals surface area contributed by atoms with Gasteiger partial charge in [-0.2, -0.15) is 18.3 Å². The molecule has 144 valence electrons. The number of amides is 1. The van der Waals surface area contributed by atoms with Crippen molar-refractivity contribution in [3.05, 3.63) is 81.9 Å². The van der Waals surface area contributed by atoms with Crippen molar-refractivity contribution < 1.29 is 27.3 Å². The summed E-state index contributed by atoms with van der Waals surface area (Å²) in [4.78, 5) is 22.4. The SMILES string of the molecule is O=C(Nc1ccc(F)c(C(F)(F)F)c1)c1ccn(-c2cccc([N+](=O)[O-])c2)n1. The molecule has 0 spiro atoms. The third-order valence-corrected chi connectivity index (χ3v) is 3.66. The zero-order valence-corrected chi connectivity index (χ0v) is 13.8. The van der Waals surface area contributed by atoms with Gasteiger partial charge in [0.05, 0.1) is 16.2 Å². The molecule has 0 unspecified atom stereocenters. The van der Waals surface area contributed by atoms with E-state index in [1.807, 2.05) is 0 Å². The highest BCUT2D eigenvalue weighted by Gasteiger charge is 2.34. The lowest BCUT2D eigenvalue weighted by molar-refractivity contribution is -0.384. The lowest BCUT2D eigenvalue weighted by atomic mass is 10.1. The molecular weight excluding hydrogens is 384 g/mol. The molecule has 3 rings (SSSR count). The number of carbonyl (C=O) groups excluding carboxylic acids is 1. The van der Waals surface area contributed by atoms with E-state index in [1.54, 1.807) is 0 Å². The number of anilines is 1. The Morgan fingerprint density at radius 2 is 1.89 bits per heavy atom. The molecule has 1 heterocycles. The minimum absolute atomic E-state index is 0.149.